The Labute approximate surface area is 149 Å². The highest BCUT2D eigenvalue weighted by Crippen LogP contribution is 2.23. The summed E-state index contributed by atoms with van der Waals surface area (Å²) < 4.78 is 5.33. The first kappa shape index (κ1) is 19.0. The molecule has 0 saturated heterocycles. The molecule has 2 rings (SSSR count). The lowest BCUT2D eigenvalue weighted by molar-refractivity contribution is -0.121. The van der Waals surface area contributed by atoms with E-state index in [1.54, 1.807) is 20.8 Å². The lowest BCUT2D eigenvalue weighted by Gasteiger charge is -2.23. The molecule has 25 heavy (non-hydrogen) atoms. The van der Waals surface area contributed by atoms with E-state index in [2.05, 4.69) is 5.32 Å². The number of hydrogen-bond donors (Lipinski definition) is 1. The van der Waals surface area contributed by atoms with E-state index in [0.717, 1.165) is 29.2 Å². The molecule has 0 aliphatic rings. The average molecular weight is 341 g/mol. The first-order chi connectivity index (χ1) is 11.8. The molecule has 0 unspecified atom stereocenters. The zero-order valence-electron chi connectivity index (χ0n) is 15.5. The number of hydrogen-bond acceptors (Lipinski definition) is 3. The molecular formula is C21H27NO3. The summed E-state index contributed by atoms with van der Waals surface area (Å²) in [6, 6.07) is 13.1. The van der Waals surface area contributed by atoms with E-state index in [1.165, 1.54) is 0 Å². The van der Waals surface area contributed by atoms with Gasteiger partial charge < -0.3 is 10.1 Å². The number of unbranched alkanes of at least 4 members (excludes halogenated alkanes) is 1. The maximum Gasteiger partial charge on any atom is 0.408 e. The quantitative estimate of drug-likeness (QED) is 0.789. The molecule has 2 aromatic carbocycles. The SMILES string of the molecule is CCCCC(=O)[C@H](NC(=O)OC(C)(C)C)c1ccc2ccccc2c1. The lowest BCUT2D eigenvalue weighted by atomic mass is 9.96. The van der Waals surface area contributed by atoms with E-state index < -0.39 is 17.7 Å². The number of ether oxygens (including phenoxy) is 1. The normalized spacial score (nSPS) is 12.6. The summed E-state index contributed by atoms with van der Waals surface area (Å²) in [6.07, 6.45) is 1.60. The topological polar surface area (TPSA) is 55.4 Å². The number of Topliss-reactive ketones (excluding diaryl/α,β-unsaturated/α-hetero) is 1. The Bertz CT molecular complexity index is 746. The van der Waals surface area contributed by atoms with Crippen LogP contribution in [0.4, 0.5) is 4.79 Å². The molecule has 4 nitrogen and oxygen atoms in total. The number of nitrogens with one attached hydrogen (secondary N) is 1. The maximum absolute atomic E-state index is 12.7. The van der Waals surface area contributed by atoms with Crippen molar-refractivity contribution in [3.8, 4) is 0 Å². The van der Waals surface area contributed by atoms with Gasteiger partial charge in [-0.1, -0.05) is 49.7 Å². The number of benzene rings is 2. The molecule has 2 aromatic rings. The number of amides is 1. The lowest BCUT2D eigenvalue weighted by Crippen LogP contribution is -2.38. The van der Waals surface area contributed by atoms with Gasteiger partial charge in [0.2, 0.25) is 0 Å². The van der Waals surface area contributed by atoms with Gasteiger partial charge in [-0.2, -0.15) is 0 Å². The molecule has 0 aromatic heterocycles. The van der Waals surface area contributed by atoms with Crippen LogP contribution in [-0.4, -0.2) is 17.5 Å². The van der Waals surface area contributed by atoms with E-state index in [4.69, 9.17) is 4.74 Å². The highest BCUT2D eigenvalue weighted by molar-refractivity contribution is 5.91. The summed E-state index contributed by atoms with van der Waals surface area (Å²) >= 11 is 0. The monoisotopic (exact) mass is 341 g/mol. The fraction of sp³-hybridized carbons (Fsp3) is 0.429. The molecule has 1 amide bonds. The average Bonchev–Trinajstić information content (AvgIpc) is 2.55. The molecule has 0 heterocycles. The smallest absolute Gasteiger partial charge is 0.408 e. The van der Waals surface area contributed by atoms with Crippen LogP contribution in [0.15, 0.2) is 42.5 Å². The van der Waals surface area contributed by atoms with Crippen molar-refractivity contribution < 1.29 is 14.3 Å². The van der Waals surface area contributed by atoms with Gasteiger partial charge in [0.25, 0.3) is 0 Å². The molecule has 0 aliphatic heterocycles. The number of fused-ring (bicyclic) bond motifs is 1. The number of carbonyl (C=O) groups is 2. The van der Waals surface area contributed by atoms with Crippen molar-refractivity contribution in [1.29, 1.82) is 0 Å². The molecule has 0 radical (unpaired) electrons. The third-order valence-electron chi connectivity index (χ3n) is 3.87. The Kier molecular flexibility index (Phi) is 6.18. The van der Waals surface area contributed by atoms with E-state index in [9.17, 15) is 9.59 Å². The third-order valence-corrected chi connectivity index (χ3v) is 3.87. The molecule has 1 N–H and O–H groups in total. The van der Waals surface area contributed by atoms with E-state index >= 15 is 0 Å². The van der Waals surface area contributed by atoms with Gasteiger partial charge >= 0.3 is 6.09 Å². The third kappa shape index (κ3) is 5.59. The number of rotatable bonds is 6. The second kappa shape index (κ2) is 8.15. The van der Waals surface area contributed by atoms with Crippen LogP contribution in [0.25, 0.3) is 10.8 Å². The van der Waals surface area contributed by atoms with Gasteiger partial charge in [0, 0.05) is 6.42 Å². The Hall–Kier alpha value is -2.36. The summed E-state index contributed by atoms with van der Waals surface area (Å²) in [5.41, 5.74) is 0.176. The van der Waals surface area contributed by atoms with Gasteiger partial charge in [0.05, 0.1) is 0 Å². The minimum absolute atomic E-state index is 0.00277. The van der Waals surface area contributed by atoms with Crippen molar-refractivity contribution in [2.24, 2.45) is 0 Å². The van der Waals surface area contributed by atoms with Gasteiger partial charge in [0.1, 0.15) is 11.6 Å². The van der Waals surface area contributed by atoms with Crippen LogP contribution in [0.2, 0.25) is 0 Å². The molecule has 0 saturated carbocycles. The van der Waals surface area contributed by atoms with Crippen molar-refractivity contribution in [3.05, 3.63) is 48.0 Å². The summed E-state index contributed by atoms with van der Waals surface area (Å²) in [5.74, 6) is 0.00277. The number of alkyl carbamates (subject to hydrolysis) is 1. The molecule has 134 valence electrons. The maximum atomic E-state index is 12.7. The Morgan fingerprint density at radius 2 is 1.76 bits per heavy atom. The fourth-order valence-corrected chi connectivity index (χ4v) is 2.66. The molecule has 4 heteroatoms. The van der Waals surface area contributed by atoms with Crippen LogP contribution in [0.1, 0.15) is 58.6 Å². The first-order valence-electron chi connectivity index (χ1n) is 8.81. The summed E-state index contributed by atoms with van der Waals surface area (Å²) in [7, 11) is 0. The van der Waals surface area contributed by atoms with Crippen LogP contribution in [-0.2, 0) is 9.53 Å². The molecular weight excluding hydrogens is 314 g/mol. The van der Waals surface area contributed by atoms with E-state index in [-0.39, 0.29) is 5.78 Å². The second-order valence-electron chi connectivity index (χ2n) is 7.26. The predicted molar refractivity (Wildman–Crippen MR) is 101 cm³/mol. The van der Waals surface area contributed by atoms with Crippen molar-refractivity contribution in [2.45, 2.75) is 58.6 Å². The summed E-state index contributed by atoms with van der Waals surface area (Å²) in [4.78, 5) is 24.9. The van der Waals surface area contributed by atoms with Crippen LogP contribution >= 0.6 is 0 Å². The van der Waals surface area contributed by atoms with Gasteiger partial charge in [-0.05, 0) is 49.6 Å². The Morgan fingerprint density at radius 3 is 2.40 bits per heavy atom. The highest BCUT2D eigenvalue weighted by Gasteiger charge is 2.25. The molecule has 1 atom stereocenters. The largest absolute Gasteiger partial charge is 0.444 e. The van der Waals surface area contributed by atoms with Crippen molar-refractivity contribution >= 4 is 22.6 Å². The Morgan fingerprint density at radius 1 is 1.08 bits per heavy atom. The molecule has 0 spiro atoms. The first-order valence-corrected chi connectivity index (χ1v) is 8.81. The van der Waals surface area contributed by atoms with Gasteiger partial charge in [0.15, 0.2) is 5.78 Å². The predicted octanol–water partition coefficient (Wildman–Crippen LogP) is 5.16. The second-order valence-corrected chi connectivity index (χ2v) is 7.26. The number of ketones is 1. The zero-order chi connectivity index (χ0) is 18.4. The van der Waals surface area contributed by atoms with Crippen LogP contribution in [0.5, 0.6) is 0 Å². The van der Waals surface area contributed by atoms with Crippen LogP contribution in [0, 0.1) is 0 Å². The van der Waals surface area contributed by atoms with Crippen LogP contribution < -0.4 is 5.32 Å². The standard InChI is InChI=1S/C21H27NO3/c1-5-6-11-18(23)19(22-20(24)25-21(2,3)4)17-13-12-15-9-7-8-10-16(15)14-17/h7-10,12-14,19H,5-6,11H2,1-4H3,(H,22,24)/t19-/m1/s1. The Balaban J connectivity index is 2.28. The van der Waals surface area contributed by atoms with E-state index in [1.807, 2.05) is 49.4 Å². The summed E-state index contributed by atoms with van der Waals surface area (Å²) in [5, 5.41) is 4.89. The molecule has 0 bridgehead atoms. The van der Waals surface area contributed by atoms with Gasteiger partial charge in [-0.15, -0.1) is 0 Å². The van der Waals surface area contributed by atoms with Crippen LogP contribution in [0.3, 0.4) is 0 Å². The number of carbonyl (C=O) groups excluding carboxylic acids is 2. The van der Waals surface area contributed by atoms with Gasteiger partial charge in [-0.3, -0.25) is 4.79 Å². The van der Waals surface area contributed by atoms with E-state index in [0.29, 0.717) is 6.42 Å². The molecule has 0 fully saturated rings. The van der Waals surface area contributed by atoms with Crippen molar-refractivity contribution in [3.63, 3.8) is 0 Å². The minimum Gasteiger partial charge on any atom is -0.444 e. The zero-order valence-corrected chi connectivity index (χ0v) is 15.5. The minimum atomic E-state index is -0.689. The van der Waals surface area contributed by atoms with Crippen molar-refractivity contribution in [2.75, 3.05) is 0 Å². The fourth-order valence-electron chi connectivity index (χ4n) is 2.66. The van der Waals surface area contributed by atoms with Gasteiger partial charge in [-0.25, -0.2) is 4.79 Å². The summed E-state index contributed by atoms with van der Waals surface area (Å²) in [6.45, 7) is 7.45. The van der Waals surface area contributed by atoms with Crippen molar-refractivity contribution in [1.82, 2.24) is 5.32 Å². The molecule has 0 aliphatic carbocycles. The highest BCUT2D eigenvalue weighted by atomic mass is 16.6.